The topological polar surface area (TPSA) is 92.3 Å². The molecule has 0 aliphatic carbocycles. The molecule has 2 aromatic rings. The first-order valence-electron chi connectivity index (χ1n) is 8.10. The van der Waals surface area contributed by atoms with E-state index in [1.807, 2.05) is 0 Å². The van der Waals surface area contributed by atoms with Gasteiger partial charge in [-0.1, -0.05) is 12.1 Å². The van der Waals surface area contributed by atoms with Gasteiger partial charge < -0.3 is 5.32 Å². The van der Waals surface area contributed by atoms with E-state index < -0.39 is 0 Å². The van der Waals surface area contributed by atoms with Gasteiger partial charge in [0.25, 0.3) is 17.7 Å². The van der Waals surface area contributed by atoms with Gasteiger partial charge in [0.05, 0.1) is 23.0 Å². The summed E-state index contributed by atoms with van der Waals surface area (Å²) in [5, 5.41) is 2.75. The number of hydrogen-bond donors (Lipinski definition) is 1. The fourth-order valence-corrected chi connectivity index (χ4v) is 2.64. The van der Waals surface area contributed by atoms with E-state index in [0.29, 0.717) is 37.1 Å². The van der Waals surface area contributed by atoms with E-state index in [0.717, 1.165) is 5.69 Å². The number of rotatable bonds is 6. The summed E-state index contributed by atoms with van der Waals surface area (Å²) in [6, 6.07) is 6.82. The van der Waals surface area contributed by atoms with Crippen molar-refractivity contribution in [2.75, 3.05) is 13.1 Å². The lowest BCUT2D eigenvalue weighted by atomic mass is 10.1. The number of aryl methyl sites for hydroxylation is 1. The van der Waals surface area contributed by atoms with Crippen LogP contribution in [0.25, 0.3) is 0 Å². The van der Waals surface area contributed by atoms with Gasteiger partial charge in [0.1, 0.15) is 5.69 Å². The summed E-state index contributed by atoms with van der Waals surface area (Å²) >= 11 is 0. The van der Waals surface area contributed by atoms with Gasteiger partial charge in [-0.2, -0.15) is 0 Å². The highest BCUT2D eigenvalue weighted by molar-refractivity contribution is 6.21. The van der Waals surface area contributed by atoms with E-state index in [4.69, 9.17) is 0 Å². The Morgan fingerprint density at radius 1 is 1.04 bits per heavy atom. The number of nitrogens with one attached hydrogen (secondary N) is 1. The quantitative estimate of drug-likeness (QED) is 0.638. The molecule has 0 radical (unpaired) electrons. The van der Waals surface area contributed by atoms with Gasteiger partial charge in [0.2, 0.25) is 0 Å². The molecular weight excluding hydrogens is 320 g/mol. The smallest absolute Gasteiger partial charge is 0.271 e. The molecule has 1 aliphatic rings. The van der Waals surface area contributed by atoms with E-state index in [9.17, 15) is 14.4 Å². The second kappa shape index (κ2) is 7.21. The lowest BCUT2D eigenvalue weighted by molar-refractivity contribution is 0.0650. The zero-order valence-electron chi connectivity index (χ0n) is 13.9. The third kappa shape index (κ3) is 3.55. The molecule has 0 spiro atoms. The number of aromatic nitrogens is 2. The van der Waals surface area contributed by atoms with Crippen LogP contribution in [0, 0.1) is 6.92 Å². The maximum Gasteiger partial charge on any atom is 0.271 e. The van der Waals surface area contributed by atoms with Crippen LogP contribution in [0.3, 0.4) is 0 Å². The monoisotopic (exact) mass is 338 g/mol. The second-order valence-corrected chi connectivity index (χ2v) is 5.81. The summed E-state index contributed by atoms with van der Waals surface area (Å²) in [6.45, 7) is 2.58. The Morgan fingerprint density at radius 2 is 1.72 bits per heavy atom. The first-order chi connectivity index (χ1) is 12.1. The van der Waals surface area contributed by atoms with Gasteiger partial charge in [-0.3, -0.25) is 24.3 Å². The van der Waals surface area contributed by atoms with Gasteiger partial charge in [-0.05, 0) is 31.9 Å². The molecule has 3 amide bonds. The number of unbranched alkanes of at least 4 members (excludes halogenated alkanes) is 1. The van der Waals surface area contributed by atoms with Crippen LogP contribution in [0.15, 0.2) is 36.7 Å². The maximum absolute atomic E-state index is 12.2. The summed E-state index contributed by atoms with van der Waals surface area (Å²) in [5.41, 5.74) is 1.93. The van der Waals surface area contributed by atoms with Crippen molar-refractivity contribution >= 4 is 17.7 Å². The number of benzene rings is 1. The van der Waals surface area contributed by atoms with Crippen molar-refractivity contribution in [3.63, 3.8) is 0 Å². The lowest BCUT2D eigenvalue weighted by Crippen LogP contribution is -2.31. The minimum Gasteiger partial charge on any atom is -0.351 e. The molecule has 0 unspecified atom stereocenters. The highest BCUT2D eigenvalue weighted by Crippen LogP contribution is 2.22. The van der Waals surface area contributed by atoms with Crippen LogP contribution in [-0.4, -0.2) is 45.7 Å². The van der Waals surface area contributed by atoms with E-state index in [-0.39, 0.29) is 23.4 Å². The molecule has 25 heavy (non-hydrogen) atoms. The zero-order valence-corrected chi connectivity index (χ0v) is 13.9. The average molecular weight is 338 g/mol. The number of imide groups is 1. The van der Waals surface area contributed by atoms with E-state index >= 15 is 0 Å². The molecule has 1 aromatic carbocycles. The summed E-state index contributed by atoms with van der Waals surface area (Å²) < 4.78 is 0. The van der Waals surface area contributed by atoms with Crippen molar-refractivity contribution in [3.8, 4) is 0 Å². The Kier molecular flexibility index (Phi) is 4.83. The molecule has 1 aromatic heterocycles. The van der Waals surface area contributed by atoms with Crippen molar-refractivity contribution < 1.29 is 14.4 Å². The van der Waals surface area contributed by atoms with Crippen molar-refractivity contribution in [1.82, 2.24) is 20.2 Å². The van der Waals surface area contributed by atoms with Gasteiger partial charge in [-0.25, -0.2) is 4.98 Å². The number of amides is 3. The summed E-state index contributed by atoms with van der Waals surface area (Å²) in [4.78, 5) is 45.6. The molecular formula is C18H18N4O3. The molecule has 0 saturated carbocycles. The summed E-state index contributed by atoms with van der Waals surface area (Å²) in [5.74, 6) is -0.785. The van der Waals surface area contributed by atoms with Gasteiger partial charge >= 0.3 is 0 Å². The molecule has 128 valence electrons. The fourth-order valence-electron chi connectivity index (χ4n) is 2.64. The Morgan fingerprint density at radius 3 is 2.32 bits per heavy atom. The van der Waals surface area contributed by atoms with Crippen LogP contribution >= 0.6 is 0 Å². The molecule has 2 heterocycles. The third-order valence-corrected chi connectivity index (χ3v) is 3.99. The maximum atomic E-state index is 12.2. The minimum atomic E-state index is -0.284. The van der Waals surface area contributed by atoms with E-state index in [1.165, 1.54) is 17.3 Å². The van der Waals surface area contributed by atoms with E-state index in [1.54, 1.807) is 31.2 Å². The average Bonchev–Trinajstić information content (AvgIpc) is 2.87. The standard InChI is InChI=1S/C18H18N4O3/c1-12-10-21-15(11-20-12)16(23)19-8-4-5-9-22-17(24)13-6-2-3-7-14(13)18(22)25/h2-3,6-7,10-11H,4-5,8-9H2,1H3,(H,19,23). The Hall–Kier alpha value is -3.09. The second-order valence-electron chi connectivity index (χ2n) is 5.81. The van der Waals surface area contributed by atoms with Crippen molar-refractivity contribution in [2.45, 2.75) is 19.8 Å². The SMILES string of the molecule is Cc1cnc(C(=O)NCCCCN2C(=O)c3ccccc3C2=O)cn1. The first kappa shape index (κ1) is 16.8. The molecule has 0 bridgehead atoms. The highest BCUT2D eigenvalue weighted by atomic mass is 16.2. The Balaban J connectivity index is 1.44. The number of fused-ring (bicyclic) bond motifs is 1. The molecule has 1 aliphatic heterocycles. The first-order valence-corrected chi connectivity index (χ1v) is 8.10. The Bertz CT molecular complexity index is 782. The van der Waals surface area contributed by atoms with Gasteiger partial charge in [0, 0.05) is 19.3 Å². The molecule has 0 saturated heterocycles. The fraction of sp³-hybridized carbons (Fsp3) is 0.278. The van der Waals surface area contributed by atoms with Crippen molar-refractivity contribution in [2.24, 2.45) is 0 Å². The molecule has 0 atom stereocenters. The van der Waals surface area contributed by atoms with Crippen LogP contribution in [0.5, 0.6) is 0 Å². The highest BCUT2D eigenvalue weighted by Gasteiger charge is 2.34. The van der Waals surface area contributed by atoms with Crippen LogP contribution in [0.4, 0.5) is 0 Å². The number of carbonyl (C=O) groups excluding carboxylic acids is 3. The van der Waals surface area contributed by atoms with Crippen LogP contribution in [-0.2, 0) is 0 Å². The number of carbonyl (C=O) groups is 3. The molecule has 3 rings (SSSR count). The number of nitrogens with zero attached hydrogens (tertiary/aromatic N) is 3. The molecule has 7 nitrogen and oxygen atoms in total. The van der Waals surface area contributed by atoms with Crippen LogP contribution < -0.4 is 5.32 Å². The third-order valence-electron chi connectivity index (χ3n) is 3.99. The van der Waals surface area contributed by atoms with Crippen LogP contribution in [0.2, 0.25) is 0 Å². The van der Waals surface area contributed by atoms with Crippen LogP contribution in [0.1, 0.15) is 49.7 Å². The normalized spacial score (nSPS) is 13.1. The van der Waals surface area contributed by atoms with Gasteiger partial charge in [-0.15, -0.1) is 0 Å². The van der Waals surface area contributed by atoms with Crippen molar-refractivity contribution in [3.05, 3.63) is 59.2 Å². The molecule has 1 N–H and O–H groups in total. The molecule has 0 fully saturated rings. The predicted molar refractivity (Wildman–Crippen MR) is 90.1 cm³/mol. The van der Waals surface area contributed by atoms with Gasteiger partial charge in [0.15, 0.2) is 0 Å². The zero-order chi connectivity index (χ0) is 17.8. The largest absolute Gasteiger partial charge is 0.351 e. The summed E-state index contributed by atoms with van der Waals surface area (Å²) in [7, 11) is 0. The van der Waals surface area contributed by atoms with E-state index in [2.05, 4.69) is 15.3 Å². The molecule has 7 heteroatoms. The minimum absolute atomic E-state index is 0.250. The number of hydrogen-bond acceptors (Lipinski definition) is 5. The summed E-state index contributed by atoms with van der Waals surface area (Å²) in [6.07, 6.45) is 4.24. The predicted octanol–water partition coefficient (Wildman–Crippen LogP) is 1.59. The van der Waals surface area contributed by atoms with Crippen molar-refractivity contribution in [1.29, 1.82) is 0 Å². The lowest BCUT2D eigenvalue weighted by Gasteiger charge is -2.13. The Labute approximate surface area is 145 Å².